The molecule has 9 heteroatoms. The molecule has 0 atom stereocenters. The molecule has 2 aromatic carbocycles. The number of carbonyl (C=O) groups is 1. The van der Waals surface area contributed by atoms with Crippen molar-refractivity contribution in [1.82, 2.24) is 25.5 Å². The van der Waals surface area contributed by atoms with Crippen molar-refractivity contribution in [3.05, 3.63) is 66.0 Å². The summed E-state index contributed by atoms with van der Waals surface area (Å²) in [6, 6.07) is 13.3. The van der Waals surface area contributed by atoms with Gasteiger partial charge >= 0.3 is 0 Å². The smallest absolute Gasteiger partial charge is 0.253 e. The van der Waals surface area contributed by atoms with Gasteiger partial charge in [-0.1, -0.05) is 24.3 Å². The maximum Gasteiger partial charge on any atom is 0.253 e. The van der Waals surface area contributed by atoms with E-state index in [2.05, 4.69) is 20.8 Å². The van der Waals surface area contributed by atoms with Crippen LogP contribution in [0.3, 0.4) is 0 Å². The fourth-order valence-electron chi connectivity index (χ4n) is 2.27. The van der Waals surface area contributed by atoms with Gasteiger partial charge in [-0.3, -0.25) is 4.79 Å². The molecule has 0 bridgehead atoms. The first-order chi connectivity index (χ1) is 11.9. The van der Waals surface area contributed by atoms with Crippen LogP contribution in [0.2, 0.25) is 0 Å². The Morgan fingerprint density at radius 1 is 1.12 bits per heavy atom. The largest absolute Gasteiger partial charge is 0.348 e. The van der Waals surface area contributed by atoms with Crippen LogP contribution in [0.25, 0.3) is 5.69 Å². The number of hydrogen-bond donors (Lipinski definition) is 1. The normalized spacial score (nSPS) is 11.2. The lowest BCUT2D eigenvalue weighted by Gasteiger charge is -2.09. The van der Waals surface area contributed by atoms with E-state index in [4.69, 9.17) is 0 Å². The molecule has 3 rings (SSSR count). The molecule has 0 saturated heterocycles. The van der Waals surface area contributed by atoms with E-state index in [1.54, 1.807) is 36.4 Å². The second-order valence-electron chi connectivity index (χ2n) is 5.37. The van der Waals surface area contributed by atoms with Gasteiger partial charge in [-0.25, -0.2) is 8.42 Å². The highest BCUT2D eigenvalue weighted by Gasteiger charge is 2.13. The molecule has 0 unspecified atom stereocenters. The lowest BCUT2D eigenvalue weighted by Crippen LogP contribution is -2.24. The number of rotatable bonds is 5. The fraction of sp³-hybridized carbons (Fsp3) is 0.125. The summed E-state index contributed by atoms with van der Waals surface area (Å²) in [5.74, 6) is -0.279. The van der Waals surface area contributed by atoms with Gasteiger partial charge in [0.25, 0.3) is 5.91 Å². The summed E-state index contributed by atoms with van der Waals surface area (Å²) in [6.07, 6.45) is 2.57. The van der Waals surface area contributed by atoms with E-state index in [1.807, 2.05) is 0 Å². The molecule has 1 amide bonds. The minimum Gasteiger partial charge on any atom is -0.348 e. The summed E-state index contributed by atoms with van der Waals surface area (Å²) in [7, 11) is -3.23. The van der Waals surface area contributed by atoms with E-state index < -0.39 is 9.84 Å². The van der Waals surface area contributed by atoms with Gasteiger partial charge < -0.3 is 5.32 Å². The lowest BCUT2D eigenvalue weighted by molar-refractivity contribution is 0.0950. The molecule has 128 valence electrons. The van der Waals surface area contributed by atoms with Gasteiger partial charge in [-0.2, -0.15) is 4.68 Å². The van der Waals surface area contributed by atoms with Crippen LogP contribution in [0.15, 0.2) is 59.8 Å². The van der Waals surface area contributed by atoms with Gasteiger partial charge in [0.15, 0.2) is 9.84 Å². The predicted molar refractivity (Wildman–Crippen MR) is 89.9 cm³/mol. The Morgan fingerprint density at radius 2 is 1.84 bits per heavy atom. The third-order valence-electron chi connectivity index (χ3n) is 3.55. The van der Waals surface area contributed by atoms with Crippen molar-refractivity contribution >= 4 is 15.7 Å². The number of nitrogens with zero attached hydrogens (tertiary/aromatic N) is 4. The van der Waals surface area contributed by atoms with Gasteiger partial charge in [-0.15, -0.1) is 5.10 Å². The number of para-hydroxylation sites is 1. The fourth-order valence-corrected chi connectivity index (χ4v) is 2.90. The van der Waals surface area contributed by atoms with Crippen LogP contribution in [0.4, 0.5) is 0 Å². The number of benzene rings is 2. The van der Waals surface area contributed by atoms with Gasteiger partial charge in [0.2, 0.25) is 0 Å². The summed E-state index contributed by atoms with van der Waals surface area (Å²) >= 11 is 0. The number of aromatic nitrogens is 4. The summed E-state index contributed by atoms with van der Waals surface area (Å²) in [5.41, 5.74) is 1.79. The van der Waals surface area contributed by atoms with Crippen molar-refractivity contribution in [3.63, 3.8) is 0 Å². The summed E-state index contributed by atoms with van der Waals surface area (Å²) < 4.78 is 24.3. The minimum atomic E-state index is -3.23. The number of tetrazole rings is 1. The molecule has 1 aromatic heterocycles. The van der Waals surface area contributed by atoms with E-state index >= 15 is 0 Å². The van der Waals surface area contributed by atoms with E-state index in [0.717, 1.165) is 11.8 Å². The van der Waals surface area contributed by atoms with Crippen molar-refractivity contribution in [2.45, 2.75) is 11.4 Å². The SMILES string of the molecule is CS(=O)(=O)c1ccc(CNC(=O)c2ccccc2-n2cnnn2)cc1. The zero-order chi connectivity index (χ0) is 17.9. The van der Waals surface area contributed by atoms with Crippen LogP contribution in [0.1, 0.15) is 15.9 Å². The predicted octanol–water partition coefficient (Wildman–Crippen LogP) is 0.996. The Balaban J connectivity index is 1.74. The van der Waals surface area contributed by atoms with Crippen molar-refractivity contribution in [2.75, 3.05) is 6.26 Å². The molecule has 3 aromatic rings. The van der Waals surface area contributed by atoms with Crippen molar-refractivity contribution in [2.24, 2.45) is 0 Å². The molecule has 0 fully saturated rings. The van der Waals surface area contributed by atoms with Crippen molar-refractivity contribution < 1.29 is 13.2 Å². The second kappa shape index (κ2) is 6.81. The molecule has 0 aliphatic heterocycles. The maximum atomic E-state index is 12.5. The van der Waals surface area contributed by atoms with Crippen LogP contribution in [-0.2, 0) is 16.4 Å². The molecule has 1 heterocycles. The monoisotopic (exact) mass is 357 g/mol. The Morgan fingerprint density at radius 3 is 2.48 bits per heavy atom. The zero-order valence-corrected chi connectivity index (χ0v) is 14.1. The highest BCUT2D eigenvalue weighted by Crippen LogP contribution is 2.14. The van der Waals surface area contributed by atoms with Crippen LogP contribution in [0.5, 0.6) is 0 Å². The number of hydrogen-bond acceptors (Lipinski definition) is 6. The van der Waals surface area contributed by atoms with E-state index in [1.165, 1.54) is 23.1 Å². The Hall–Kier alpha value is -3.07. The average Bonchev–Trinajstić information content (AvgIpc) is 3.14. The number of sulfone groups is 1. The van der Waals surface area contributed by atoms with Crippen molar-refractivity contribution in [1.29, 1.82) is 0 Å². The third kappa shape index (κ3) is 3.89. The van der Waals surface area contributed by atoms with Gasteiger partial charge in [0.05, 0.1) is 16.1 Å². The standard InChI is InChI=1S/C16H15N5O3S/c1-25(23,24)13-8-6-12(7-9-13)10-17-16(22)14-4-2-3-5-15(14)21-11-18-19-20-21/h2-9,11H,10H2,1H3,(H,17,22). The number of carbonyl (C=O) groups excluding carboxylic acids is 1. The lowest BCUT2D eigenvalue weighted by atomic mass is 10.1. The molecule has 0 aliphatic rings. The van der Waals surface area contributed by atoms with Crippen LogP contribution < -0.4 is 5.32 Å². The summed E-state index contributed by atoms with van der Waals surface area (Å²) in [4.78, 5) is 12.7. The molecule has 8 nitrogen and oxygen atoms in total. The van der Waals surface area contributed by atoms with E-state index in [-0.39, 0.29) is 17.3 Å². The molecule has 0 radical (unpaired) electrons. The van der Waals surface area contributed by atoms with Crippen molar-refractivity contribution in [3.8, 4) is 5.69 Å². The quantitative estimate of drug-likeness (QED) is 0.730. The summed E-state index contributed by atoms with van der Waals surface area (Å²) in [6.45, 7) is 0.271. The van der Waals surface area contributed by atoms with Gasteiger partial charge in [0, 0.05) is 12.8 Å². The molecule has 25 heavy (non-hydrogen) atoms. The highest BCUT2D eigenvalue weighted by molar-refractivity contribution is 7.90. The average molecular weight is 357 g/mol. The van der Waals surface area contributed by atoms with E-state index in [9.17, 15) is 13.2 Å². The number of amides is 1. The molecule has 1 N–H and O–H groups in total. The van der Waals surface area contributed by atoms with Gasteiger partial charge in [-0.05, 0) is 40.3 Å². The minimum absolute atomic E-state index is 0.242. The third-order valence-corrected chi connectivity index (χ3v) is 4.68. The molecule has 0 spiro atoms. The van der Waals surface area contributed by atoms with Crippen LogP contribution >= 0.6 is 0 Å². The van der Waals surface area contributed by atoms with Crippen LogP contribution in [-0.4, -0.2) is 40.8 Å². The van der Waals surface area contributed by atoms with E-state index in [0.29, 0.717) is 11.3 Å². The Bertz CT molecular complexity index is 983. The van der Waals surface area contributed by atoms with Crippen LogP contribution in [0, 0.1) is 0 Å². The first-order valence-corrected chi connectivity index (χ1v) is 9.24. The topological polar surface area (TPSA) is 107 Å². The molecular formula is C16H15N5O3S. The number of nitrogens with one attached hydrogen (secondary N) is 1. The molecule has 0 aliphatic carbocycles. The Labute approximate surface area is 144 Å². The zero-order valence-electron chi connectivity index (χ0n) is 13.3. The second-order valence-corrected chi connectivity index (χ2v) is 7.39. The molecule has 0 saturated carbocycles. The maximum absolute atomic E-state index is 12.5. The Kier molecular flexibility index (Phi) is 4.57. The first-order valence-electron chi connectivity index (χ1n) is 7.35. The molecular weight excluding hydrogens is 342 g/mol. The van der Waals surface area contributed by atoms with Gasteiger partial charge in [0.1, 0.15) is 6.33 Å². The summed E-state index contributed by atoms with van der Waals surface area (Å²) in [5, 5.41) is 13.7. The highest BCUT2D eigenvalue weighted by atomic mass is 32.2. The first kappa shape index (κ1) is 16.8.